The number of rotatable bonds is 5. The Morgan fingerprint density at radius 2 is 0.734 bits per heavy atom. The molecule has 1 spiro atoms. The Hall–Kier alpha value is -7.98. The Kier molecular flexibility index (Phi) is 8.34. The number of hydrogen-bond donors (Lipinski definition) is 0. The molecule has 0 atom stereocenters. The first-order chi connectivity index (χ1) is 31.8. The van der Waals surface area contributed by atoms with Crippen LogP contribution in [0, 0.1) is 0 Å². The highest BCUT2D eigenvalue weighted by Crippen LogP contribution is 2.64. The fourth-order valence-electron chi connectivity index (χ4n) is 10.7. The van der Waals surface area contributed by atoms with E-state index < -0.39 is 5.41 Å². The lowest BCUT2D eigenvalue weighted by atomic mass is 9.60. The molecule has 11 aromatic rings. The minimum absolute atomic E-state index is 0.642. The molecule has 0 saturated carbocycles. The Labute approximate surface area is 377 Å². The number of thiophene rings is 1. The number of fused-ring (bicyclic) bond motifs is 11. The maximum atomic E-state index is 2.48. The van der Waals surface area contributed by atoms with Crippen LogP contribution in [0.15, 0.2) is 243 Å². The van der Waals surface area contributed by atoms with Gasteiger partial charge in [0.2, 0.25) is 0 Å². The van der Waals surface area contributed by atoms with E-state index in [9.17, 15) is 0 Å². The summed E-state index contributed by atoms with van der Waals surface area (Å²) in [5.41, 5.74) is 18.6. The molecule has 0 fully saturated rings. The number of anilines is 6. The molecule has 10 aromatic carbocycles. The third-order valence-corrected chi connectivity index (χ3v) is 14.6. The predicted octanol–water partition coefficient (Wildman–Crippen LogP) is 17.0. The van der Waals surface area contributed by atoms with Crippen molar-refractivity contribution in [2.45, 2.75) is 5.41 Å². The van der Waals surface area contributed by atoms with Crippen molar-refractivity contribution < 1.29 is 0 Å². The molecule has 0 radical (unpaired) electrons. The lowest BCUT2D eigenvalue weighted by Crippen LogP contribution is -2.42. The Balaban J connectivity index is 1.02. The Bertz CT molecular complexity index is 3510. The van der Waals surface area contributed by atoms with Crippen LogP contribution < -0.4 is 9.80 Å². The molecule has 2 aliphatic rings. The van der Waals surface area contributed by atoms with E-state index in [0.717, 1.165) is 11.4 Å². The van der Waals surface area contributed by atoms with Gasteiger partial charge in [0.05, 0.1) is 28.2 Å². The molecular formula is C61H40N2S. The van der Waals surface area contributed by atoms with E-state index in [1.165, 1.54) is 98.6 Å². The number of hydrogen-bond acceptors (Lipinski definition) is 3. The summed E-state index contributed by atoms with van der Waals surface area (Å²) in [6.45, 7) is 0. The van der Waals surface area contributed by atoms with Crippen molar-refractivity contribution in [2.75, 3.05) is 9.80 Å². The van der Waals surface area contributed by atoms with Gasteiger partial charge in [-0.3, -0.25) is 0 Å². The van der Waals surface area contributed by atoms with Crippen LogP contribution in [-0.2, 0) is 5.41 Å². The molecular weight excluding hydrogens is 793 g/mol. The van der Waals surface area contributed by atoms with Crippen molar-refractivity contribution >= 4 is 65.6 Å². The standard InChI is InChI=1S/C61H40N2S/c1-3-16-41(17-4-1)43-30-35-46(36-31-43)63-56-27-13-10-24-52(56)61(53-40-45(34-39-57(53)63)42-18-5-2-6-19-42)50-22-8-11-25-54(50)62(55-26-12-9-23-51(55)61)47-37-32-44(33-38-47)48-21-15-29-59-60(48)49-20-7-14-28-58(49)64-59/h1-40H. The summed E-state index contributed by atoms with van der Waals surface area (Å²) in [7, 11) is 0. The largest absolute Gasteiger partial charge is 0.310 e. The molecule has 2 aliphatic heterocycles. The van der Waals surface area contributed by atoms with E-state index in [-0.39, 0.29) is 0 Å². The van der Waals surface area contributed by atoms with Crippen LogP contribution in [-0.4, -0.2) is 0 Å². The van der Waals surface area contributed by atoms with Gasteiger partial charge in [0, 0.05) is 31.5 Å². The maximum absolute atomic E-state index is 2.48. The van der Waals surface area contributed by atoms with Crippen molar-refractivity contribution in [1.29, 1.82) is 0 Å². The average molecular weight is 833 g/mol. The van der Waals surface area contributed by atoms with Crippen LogP contribution >= 0.6 is 11.3 Å². The molecule has 0 aliphatic carbocycles. The summed E-state index contributed by atoms with van der Waals surface area (Å²) in [5.74, 6) is 0. The first-order valence-electron chi connectivity index (χ1n) is 22.0. The van der Waals surface area contributed by atoms with E-state index in [1.807, 2.05) is 11.3 Å². The van der Waals surface area contributed by atoms with Crippen molar-refractivity contribution in [3.63, 3.8) is 0 Å². The summed E-state index contributed by atoms with van der Waals surface area (Å²) in [6, 6.07) is 89.7. The van der Waals surface area contributed by atoms with Crippen LogP contribution in [0.3, 0.4) is 0 Å². The van der Waals surface area contributed by atoms with E-state index in [4.69, 9.17) is 0 Å². The average Bonchev–Trinajstić information content (AvgIpc) is 3.76. The van der Waals surface area contributed by atoms with Crippen molar-refractivity contribution in [3.8, 4) is 33.4 Å². The highest BCUT2D eigenvalue weighted by molar-refractivity contribution is 7.25. The topological polar surface area (TPSA) is 6.48 Å². The molecule has 64 heavy (non-hydrogen) atoms. The van der Waals surface area contributed by atoms with E-state index >= 15 is 0 Å². The molecule has 0 amide bonds. The zero-order valence-corrected chi connectivity index (χ0v) is 35.7. The van der Waals surface area contributed by atoms with Gasteiger partial charge in [-0.2, -0.15) is 0 Å². The highest BCUT2D eigenvalue weighted by atomic mass is 32.1. The van der Waals surface area contributed by atoms with Gasteiger partial charge in [0.1, 0.15) is 0 Å². The molecule has 0 saturated heterocycles. The van der Waals surface area contributed by atoms with Crippen molar-refractivity contribution in [3.05, 3.63) is 265 Å². The Morgan fingerprint density at radius 3 is 1.33 bits per heavy atom. The molecule has 1 aromatic heterocycles. The van der Waals surface area contributed by atoms with Gasteiger partial charge in [-0.25, -0.2) is 0 Å². The monoisotopic (exact) mass is 832 g/mol. The van der Waals surface area contributed by atoms with Gasteiger partial charge >= 0.3 is 0 Å². The number of benzene rings is 10. The number of para-hydroxylation sites is 3. The molecule has 3 heteroatoms. The fourth-order valence-corrected chi connectivity index (χ4v) is 11.9. The zero-order valence-electron chi connectivity index (χ0n) is 34.9. The second kappa shape index (κ2) is 14.6. The smallest absolute Gasteiger partial charge is 0.0783 e. The molecule has 0 unspecified atom stereocenters. The van der Waals surface area contributed by atoms with E-state index in [2.05, 4.69) is 252 Å². The Morgan fingerprint density at radius 1 is 0.297 bits per heavy atom. The van der Waals surface area contributed by atoms with Crippen molar-refractivity contribution in [1.82, 2.24) is 0 Å². The lowest BCUT2D eigenvalue weighted by molar-refractivity contribution is 0.719. The maximum Gasteiger partial charge on any atom is 0.0783 e. The quantitative estimate of drug-likeness (QED) is 0.170. The van der Waals surface area contributed by atoms with Crippen molar-refractivity contribution in [2.24, 2.45) is 0 Å². The molecule has 3 heterocycles. The summed E-state index contributed by atoms with van der Waals surface area (Å²) < 4.78 is 2.64. The molecule has 0 bridgehead atoms. The van der Waals surface area contributed by atoms with E-state index in [1.54, 1.807) is 0 Å². The summed E-state index contributed by atoms with van der Waals surface area (Å²) in [6.07, 6.45) is 0. The van der Waals surface area contributed by atoms with Gasteiger partial charge < -0.3 is 9.80 Å². The zero-order chi connectivity index (χ0) is 42.2. The first-order valence-corrected chi connectivity index (χ1v) is 22.8. The van der Waals surface area contributed by atoms with Crippen LogP contribution in [0.4, 0.5) is 34.1 Å². The van der Waals surface area contributed by atoms with Crippen LogP contribution in [0.25, 0.3) is 53.6 Å². The van der Waals surface area contributed by atoms with Gasteiger partial charge in [-0.15, -0.1) is 11.3 Å². The van der Waals surface area contributed by atoms with Crippen LogP contribution in [0.1, 0.15) is 22.3 Å². The van der Waals surface area contributed by atoms with Crippen LogP contribution in [0.2, 0.25) is 0 Å². The third-order valence-electron chi connectivity index (χ3n) is 13.5. The number of nitrogens with zero attached hydrogens (tertiary/aromatic N) is 2. The van der Waals surface area contributed by atoms with Gasteiger partial charge in [-0.05, 0) is 122 Å². The lowest BCUT2D eigenvalue weighted by Gasteiger charge is -2.51. The van der Waals surface area contributed by atoms with Gasteiger partial charge in [-0.1, -0.05) is 176 Å². The normalized spacial score (nSPS) is 13.4. The van der Waals surface area contributed by atoms with Gasteiger partial charge in [0.15, 0.2) is 0 Å². The molecule has 2 nitrogen and oxygen atoms in total. The minimum Gasteiger partial charge on any atom is -0.310 e. The minimum atomic E-state index is -0.642. The summed E-state index contributed by atoms with van der Waals surface area (Å²) >= 11 is 1.87. The summed E-state index contributed by atoms with van der Waals surface area (Å²) in [4.78, 5) is 4.96. The second-order valence-electron chi connectivity index (χ2n) is 16.8. The molecule has 0 N–H and O–H groups in total. The van der Waals surface area contributed by atoms with E-state index in [0.29, 0.717) is 0 Å². The highest BCUT2D eigenvalue weighted by Gasteiger charge is 2.52. The fraction of sp³-hybridized carbons (Fsp3) is 0.0164. The first kappa shape index (κ1) is 36.7. The molecule has 13 rings (SSSR count). The van der Waals surface area contributed by atoms with Gasteiger partial charge in [0.25, 0.3) is 0 Å². The third kappa shape index (κ3) is 5.44. The van der Waals surface area contributed by atoms with Crippen LogP contribution in [0.5, 0.6) is 0 Å². The molecule has 300 valence electrons. The second-order valence-corrected chi connectivity index (χ2v) is 17.9. The summed E-state index contributed by atoms with van der Waals surface area (Å²) in [5, 5.41) is 2.65. The SMILES string of the molecule is c1ccc(-c2ccc(N3c4ccccc4C4(c5ccccc5N(c5ccc(-c6cccc7sc8ccccc8c67)cc5)c5ccccc54)c4cc(-c5ccccc5)ccc43)cc2)cc1. The predicted molar refractivity (Wildman–Crippen MR) is 270 cm³/mol.